The molecule has 21 heavy (non-hydrogen) atoms. The first-order chi connectivity index (χ1) is 10.1. The number of carbonyl (C=O) groups excluding carboxylic acids is 1. The second-order valence-electron chi connectivity index (χ2n) is 5.05. The number of nitrogens with zero attached hydrogens (tertiary/aromatic N) is 1. The lowest BCUT2D eigenvalue weighted by Gasteiger charge is -2.22. The molecule has 0 aliphatic carbocycles. The van der Waals surface area contributed by atoms with Gasteiger partial charge in [0.1, 0.15) is 11.5 Å². The van der Waals surface area contributed by atoms with Crippen LogP contribution < -0.4 is 10.6 Å². The highest BCUT2D eigenvalue weighted by Gasteiger charge is 2.22. The average Bonchev–Trinajstić information content (AvgIpc) is 2.48. The molecule has 0 bridgehead atoms. The van der Waals surface area contributed by atoms with E-state index in [1.54, 1.807) is 12.1 Å². The summed E-state index contributed by atoms with van der Waals surface area (Å²) in [5.74, 6) is 1.67. The van der Waals surface area contributed by atoms with Gasteiger partial charge in [0.2, 0.25) is 0 Å². The fourth-order valence-corrected chi connectivity index (χ4v) is 3.63. The van der Waals surface area contributed by atoms with Gasteiger partial charge in [0.25, 0.3) is 5.91 Å². The van der Waals surface area contributed by atoms with Crippen molar-refractivity contribution in [1.82, 2.24) is 10.3 Å². The van der Waals surface area contributed by atoms with E-state index in [1.807, 2.05) is 0 Å². The van der Waals surface area contributed by atoms with E-state index in [4.69, 9.17) is 11.6 Å². The zero-order valence-electron chi connectivity index (χ0n) is 12.0. The number of anilines is 1. The molecule has 1 aromatic heterocycles. The molecule has 7 heteroatoms. The Morgan fingerprint density at radius 2 is 2.14 bits per heavy atom. The first kappa shape index (κ1) is 16.2. The maximum atomic E-state index is 12.3. The molecule has 1 amide bonds. The maximum Gasteiger partial charge on any atom is 0.271 e. The fraction of sp³-hybridized carbons (Fsp3) is 0.571. The summed E-state index contributed by atoms with van der Waals surface area (Å²) in [6.07, 6.45) is 2.46. The molecule has 5 nitrogen and oxygen atoms in total. The Kier molecular flexibility index (Phi) is 5.99. The predicted octanol–water partition coefficient (Wildman–Crippen LogP) is 2.20. The fourth-order valence-electron chi connectivity index (χ4n) is 2.14. The van der Waals surface area contributed by atoms with Gasteiger partial charge in [0.05, 0.1) is 5.02 Å². The molecule has 1 aliphatic heterocycles. The van der Waals surface area contributed by atoms with E-state index in [0.29, 0.717) is 22.3 Å². The van der Waals surface area contributed by atoms with Crippen molar-refractivity contribution in [3.63, 3.8) is 0 Å². The Morgan fingerprint density at radius 1 is 1.43 bits per heavy atom. The molecule has 0 radical (unpaired) electrons. The summed E-state index contributed by atoms with van der Waals surface area (Å²) in [4.78, 5) is 16.6. The highest BCUT2D eigenvalue weighted by atomic mass is 35.5. The summed E-state index contributed by atoms with van der Waals surface area (Å²) in [6, 6.07) is 3.50. The molecule has 1 fully saturated rings. The van der Waals surface area contributed by atoms with Crippen molar-refractivity contribution >= 4 is 34.1 Å². The summed E-state index contributed by atoms with van der Waals surface area (Å²) in [6.45, 7) is 2.85. The Bertz CT molecular complexity index is 529. The van der Waals surface area contributed by atoms with Crippen molar-refractivity contribution in [3.8, 4) is 0 Å². The zero-order chi connectivity index (χ0) is 15.2. The SMILES string of the molecule is CCCNc1ccc(Cl)c(C(=O)NC2CCS(=O)CC2)n1. The van der Waals surface area contributed by atoms with Gasteiger partial charge < -0.3 is 10.6 Å². The number of hydrogen-bond donors (Lipinski definition) is 2. The van der Waals surface area contributed by atoms with Crippen LogP contribution in [0, 0.1) is 0 Å². The predicted molar refractivity (Wildman–Crippen MR) is 86.4 cm³/mol. The Balaban J connectivity index is 2.02. The first-order valence-electron chi connectivity index (χ1n) is 7.16. The normalized spacial score (nSPS) is 21.8. The second-order valence-corrected chi connectivity index (χ2v) is 7.15. The first-order valence-corrected chi connectivity index (χ1v) is 9.03. The monoisotopic (exact) mass is 329 g/mol. The van der Waals surface area contributed by atoms with Crippen molar-refractivity contribution in [2.45, 2.75) is 32.2 Å². The summed E-state index contributed by atoms with van der Waals surface area (Å²) >= 11 is 6.07. The van der Waals surface area contributed by atoms with Gasteiger partial charge in [-0.1, -0.05) is 18.5 Å². The summed E-state index contributed by atoms with van der Waals surface area (Å²) in [5.41, 5.74) is 0.240. The molecule has 2 N–H and O–H groups in total. The number of aromatic nitrogens is 1. The second kappa shape index (κ2) is 7.75. The lowest BCUT2D eigenvalue weighted by molar-refractivity contribution is 0.0930. The number of pyridine rings is 1. The van der Waals surface area contributed by atoms with Crippen LogP contribution in [0.15, 0.2) is 12.1 Å². The molecular formula is C14H20ClN3O2S. The Morgan fingerprint density at radius 3 is 2.81 bits per heavy atom. The van der Waals surface area contributed by atoms with E-state index < -0.39 is 10.8 Å². The number of carbonyl (C=O) groups is 1. The molecule has 0 saturated carbocycles. The van der Waals surface area contributed by atoms with Gasteiger partial charge in [0.15, 0.2) is 0 Å². The minimum Gasteiger partial charge on any atom is -0.370 e. The van der Waals surface area contributed by atoms with Crippen LogP contribution in [0.1, 0.15) is 36.7 Å². The van der Waals surface area contributed by atoms with E-state index in [1.165, 1.54) is 0 Å². The molecule has 0 unspecified atom stereocenters. The van der Waals surface area contributed by atoms with Crippen LogP contribution in [-0.2, 0) is 10.8 Å². The Hall–Kier alpha value is -1.14. The molecule has 0 aromatic carbocycles. The van der Waals surface area contributed by atoms with E-state index in [2.05, 4.69) is 22.5 Å². The highest BCUT2D eigenvalue weighted by Crippen LogP contribution is 2.18. The van der Waals surface area contributed by atoms with Gasteiger partial charge in [-0.05, 0) is 31.4 Å². The number of nitrogens with one attached hydrogen (secondary N) is 2. The van der Waals surface area contributed by atoms with Crippen molar-refractivity contribution in [2.24, 2.45) is 0 Å². The number of rotatable bonds is 5. The molecule has 2 rings (SSSR count). The average molecular weight is 330 g/mol. The Labute approximate surface area is 132 Å². The number of amides is 1. The van der Waals surface area contributed by atoms with Crippen molar-refractivity contribution < 1.29 is 9.00 Å². The van der Waals surface area contributed by atoms with Crippen LogP contribution in [0.4, 0.5) is 5.82 Å². The third-order valence-corrected chi connectivity index (χ3v) is 5.03. The van der Waals surface area contributed by atoms with Gasteiger partial charge in [-0.3, -0.25) is 9.00 Å². The summed E-state index contributed by atoms with van der Waals surface area (Å²) in [5, 5.41) is 6.41. The molecule has 1 aromatic rings. The van der Waals surface area contributed by atoms with E-state index >= 15 is 0 Å². The van der Waals surface area contributed by atoms with Crippen molar-refractivity contribution in [3.05, 3.63) is 22.8 Å². The zero-order valence-corrected chi connectivity index (χ0v) is 13.6. The highest BCUT2D eigenvalue weighted by molar-refractivity contribution is 7.85. The van der Waals surface area contributed by atoms with Crippen LogP contribution in [-0.4, -0.2) is 39.2 Å². The number of hydrogen-bond acceptors (Lipinski definition) is 4. The molecular weight excluding hydrogens is 310 g/mol. The van der Waals surface area contributed by atoms with Gasteiger partial charge in [-0.25, -0.2) is 4.98 Å². The molecule has 2 heterocycles. The maximum absolute atomic E-state index is 12.3. The minimum atomic E-state index is -0.735. The molecule has 0 spiro atoms. The standard InChI is InChI=1S/C14H20ClN3O2S/c1-2-7-16-12-4-3-11(15)13(18-12)14(19)17-10-5-8-21(20)9-6-10/h3-4,10H,2,5-9H2,1H3,(H,16,18)(H,17,19). The van der Waals surface area contributed by atoms with E-state index in [9.17, 15) is 9.00 Å². The number of halogens is 1. The van der Waals surface area contributed by atoms with Gasteiger partial charge in [-0.2, -0.15) is 0 Å². The third kappa shape index (κ3) is 4.68. The summed E-state index contributed by atoms with van der Waals surface area (Å²) in [7, 11) is -0.735. The third-order valence-electron chi connectivity index (χ3n) is 3.34. The van der Waals surface area contributed by atoms with Gasteiger partial charge in [0, 0.05) is 34.9 Å². The quantitative estimate of drug-likeness (QED) is 0.868. The van der Waals surface area contributed by atoms with Crippen molar-refractivity contribution in [2.75, 3.05) is 23.4 Å². The van der Waals surface area contributed by atoms with E-state index in [0.717, 1.165) is 25.8 Å². The van der Waals surface area contributed by atoms with E-state index in [-0.39, 0.29) is 17.6 Å². The van der Waals surface area contributed by atoms with Crippen LogP contribution in [0.25, 0.3) is 0 Å². The largest absolute Gasteiger partial charge is 0.370 e. The van der Waals surface area contributed by atoms with Crippen LogP contribution >= 0.6 is 11.6 Å². The van der Waals surface area contributed by atoms with Crippen molar-refractivity contribution in [1.29, 1.82) is 0 Å². The lowest BCUT2D eigenvalue weighted by Crippen LogP contribution is -2.40. The topological polar surface area (TPSA) is 71.1 Å². The van der Waals surface area contributed by atoms with Crippen LogP contribution in [0.3, 0.4) is 0 Å². The lowest BCUT2D eigenvalue weighted by atomic mass is 10.1. The molecule has 0 atom stereocenters. The van der Waals surface area contributed by atoms with Gasteiger partial charge in [-0.15, -0.1) is 0 Å². The molecule has 1 saturated heterocycles. The summed E-state index contributed by atoms with van der Waals surface area (Å²) < 4.78 is 11.3. The van der Waals surface area contributed by atoms with Crippen LogP contribution in [0.5, 0.6) is 0 Å². The van der Waals surface area contributed by atoms with Gasteiger partial charge >= 0.3 is 0 Å². The smallest absolute Gasteiger partial charge is 0.271 e. The molecule has 1 aliphatic rings. The molecule has 116 valence electrons. The minimum absolute atomic E-state index is 0.0559. The van der Waals surface area contributed by atoms with Crippen LogP contribution in [0.2, 0.25) is 5.02 Å².